The number of hydrogen-bond donors (Lipinski definition) is 2. The molecule has 0 unspecified atom stereocenters. The minimum atomic E-state index is -0.773. The lowest BCUT2D eigenvalue weighted by atomic mass is 9.95. The Bertz CT molecular complexity index is 890. The first-order valence-electron chi connectivity index (χ1n) is 8.27. The zero-order valence-electron chi connectivity index (χ0n) is 14.6. The van der Waals surface area contributed by atoms with Gasteiger partial charge in [0.2, 0.25) is 0 Å². The van der Waals surface area contributed by atoms with Crippen LogP contribution >= 0.6 is 15.9 Å². The predicted octanol–water partition coefficient (Wildman–Crippen LogP) is 2.87. The van der Waals surface area contributed by atoms with Crippen LogP contribution in [0.15, 0.2) is 58.6 Å². The van der Waals surface area contributed by atoms with Crippen LogP contribution in [-0.2, 0) is 9.59 Å². The highest BCUT2D eigenvalue weighted by Gasteiger charge is 2.45. The van der Waals surface area contributed by atoms with E-state index in [1.807, 2.05) is 0 Å². The first-order chi connectivity index (χ1) is 13.0. The number of aliphatic hydroxyl groups is 2. The molecule has 1 atom stereocenters. The second-order valence-corrected chi connectivity index (χ2v) is 6.91. The fourth-order valence-corrected chi connectivity index (χ4v) is 3.38. The number of nitrogens with zero attached hydrogens (tertiary/aromatic N) is 1. The Morgan fingerprint density at radius 2 is 1.74 bits per heavy atom. The lowest BCUT2D eigenvalue weighted by molar-refractivity contribution is -0.140. The zero-order chi connectivity index (χ0) is 19.6. The molecule has 2 aromatic rings. The Kier molecular flexibility index (Phi) is 5.62. The van der Waals surface area contributed by atoms with Gasteiger partial charge in [-0.05, 0) is 42.0 Å². The molecule has 1 amide bonds. The molecule has 0 aromatic heterocycles. The third-order valence-electron chi connectivity index (χ3n) is 4.43. The number of likely N-dealkylation sites (tertiary alicyclic amines) is 1. The van der Waals surface area contributed by atoms with Crippen LogP contribution in [0.1, 0.15) is 17.2 Å². The molecule has 0 saturated carbocycles. The second-order valence-electron chi connectivity index (χ2n) is 6.00. The van der Waals surface area contributed by atoms with Crippen LogP contribution in [0.5, 0.6) is 5.75 Å². The highest BCUT2D eigenvalue weighted by atomic mass is 79.9. The molecule has 1 saturated heterocycles. The lowest BCUT2D eigenvalue weighted by Gasteiger charge is -2.24. The molecule has 2 N–H and O–H groups in total. The van der Waals surface area contributed by atoms with E-state index in [9.17, 15) is 19.8 Å². The molecule has 1 heterocycles. The van der Waals surface area contributed by atoms with E-state index in [1.165, 1.54) is 12.0 Å². The van der Waals surface area contributed by atoms with Crippen LogP contribution in [-0.4, -0.2) is 47.1 Å². The van der Waals surface area contributed by atoms with Crippen LogP contribution in [0.25, 0.3) is 5.76 Å². The quantitative estimate of drug-likeness (QED) is 0.431. The highest BCUT2D eigenvalue weighted by Crippen LogP contribution is 2.39. The Morgan fingerprint density at radius 3 is 2.30 bits per heavy atom. The summed E-state index contributed by atoms with van der Waals surface area (Å²) in [6.07, 6.45) is 0. The number of carbonyl (C=O) groups excluding carboxylic acids is 2. The van der Waals surface area contributed by atoms with Crippen LogP contribution < -0.4 is 4.74 Å². The monoisotopic (exact) mass is 431 g/mol. The minimum absolute atomic E-state index is 0.000870. The first-order valence-corrected chi connectivity index (χ1v) is 9.06. The van der Waals surface area contributed by atoms with Crippen molar-refractivity contribution in [2.75, 3.05) is 20.3 Å². The van der Waals surface area contributed by atoms with Crippen molar-refractivity contribution in [3.05, 3.63) is 69.7 Å². The molecule has 7 heteroatoms. The predicted molar refractivity (Wildman–Crippen MR) is 103 cm³/mol. The van der Waals surface area contributed by atoms with Gasteiger partial charge in [0.1, 0.15) is 11.5 Å². The number of β-amino-alcohol motifs (C(OH)–C–C–N with tert-alkyl or cyclic N) is 1. The van der Waals surface area contributed by atoms with Gasteiger partial charge in [0, 0.05) is 16.6 Å². The average molecular weight is 432 g/mol. The van der Waals surface area contributed by atoms with E-state index in [0.29, 0.717) is 16.9 Å². The van der Waals surface area contributed by atoms with Gasteiger partial charge < -0.3 is 19.8 Å². The van der Waals surface area contributed by atoms with E-state index < -0.39 is 17.7 Å². The molecule has 0 spiro atoms. The summed E-state index contributed by atoms with van der Waals surface area (Å²) >= 11 is 3.36. The maximum absolute atomic E-state index is 12.7. The van der Waals surface area contributed by atoms with Gasteiger partial charge in [-0.15, -0.1) is 0 Å². The summed E-state index contributed by atoms with van der Waals surface area (Å²) in [5, 5.41) is 20.1. The number of amides is 1. The third kappa shape index (κ3) is 3.61. The summed E-state index contributed by atoms with van der Waals surface area (Å²) in [6.45, 7) is -0.298. The van der Waals surface area contributed by atoms with Gasteiger partial charge in [-0.25, -0.2) is 0 Å². The summed E-state index contributed by atoms with van der Waals surface area (Å²) in [7, 11) is 1.53. The number of ketones is 1. The highest BCUT2D eigenvalue weighted by molar-refractivity contribution is 9.10. The molecular weight excluding hydrogens is 414 g/mol. The van der Waals surface area contributed by atoms with Crippen molar-refractivity contribution in [3.63, 3.8) is 0 Å². The van der Waals surface area contributed by atoms with E-state index in [0.717, 1.165) is 4.47 Å². The smallest absolute Gasteiger partial charge is 0.295 e. The summed E-state index contributed by atoms with van der Waals surface area (Å²) in [4.78, 5) is 26.4. The molecule has 27 heavy (non-hydrogen) atoms. The molecule has 6 nitrogen and oxygen atoms in total. The Morgan fingerprint density at radius 1 is 1.11 bits per heavy atom. The van der Waals surface area contributed by atoms with Crippen LogP contribution in [0.4, 0.5) is 0 Å². The van der Waals surface area contributed by atoms with Crippen molar-refractivity contribution in [1.29, 1.82) is 0 Å². The lowest BCUT2D eigenvalue weighted by Crippen LogP contribution is -2.32. The number of aliphatic hydroxyl groups excluding tert-OH is 2. The van der Waals surface area contributed by atoms with Crippen molar-refractivity contribution in [3.8, 4) is 5.75 Å². The topological polar surface area (TPSA) is 87.1 Å². The number of halogens is 1. The van der Waals surface area contributed by atoms with Crippen molar-refractivity contribution in [2.24, 2.45) is 0 Å². The molecule has 3 rings (SSSR count). The van der Waals surface area contributed by atoms with Gasteiger partial charge in [0.15, 0.2) is 0 Å². The molecule has 0 radical (unpaired) electrons. The SMILES string of the molecule is COc1ccc(/C(O)=C2\C(=O)C(=O)N(CCO)[C@H]2c2ccc(Br)cc2)cc1. The largest absolute Gasteiger partial charge is 0.507 e. The maximum atomic E-state index is 12.7. The molecular formula is C20H18BrNO5. The third-order valence-corrected chi connectivity index (χ3v) is 4.96. The van der Waals surface area contributed by atoms with Crippen LogP contribution in [0.2, 0.25) is 0 Å². The molecule has 0 bridgehead atoms. The first kappa shape index (κ1) is 19.1. The number of Topliss-reactive ketones (excluding diaryl/α,β-unsaturated/α-hetero) is 1. The van der Waals surface area contributed by atoms with E-state index in [4.69, 9.17) is 4.74 Å². The molecule has 1 aliphatic heterocycles. The van der Waals surface area contributed by atoms with Crippen molar-refractivity contribution in [1.82, 2.24) is 4.90 Å². The molecule has 1 aliphatic rings. The second kappa shape index (κ2) is 7.94. The van der Waals surface area contributed by atoms with Gasteiger partial charge in [0.25, 0.3) is 11.7 Å². The van der Waals surface area contributed by atoms with E-state index in [1.54, 1.807) is 48.5 Å². The van der Waals surface area contributed by atoms with Gasteiger partial charge >= 0.3 is 0 Å². The fourth-order valence-electron chi connectivity index (χ4n) is 3.11. The number of methoxy groups -OCH3 is 1. The maximum Gasteiger partial charge on any atom is 0.295 e. The Balaban J connectivity index is 2.14. The Labute approximate surface area is 164 Å². The molecule has 140 valence electrons. The summed E-state index contributed by atoms with van der Waals surface area (Å²) < 4.78 is 5.95. The summed E-state index contributed by atoms with van der Waals surface area (Å²) in [5.74, 6) is -1.17. The van der Waals surface area contributed by atoms with Crippen molar-refractivity contribution >= 4 is 33.4 Å². The average Bonchev–Trinajstić information content (AvgIpc) is 2.93. The number of benzene rings is 2. The van der Waals surface area contributed by atoms with Crippen molar-refractivity contribution in [2.45, 2.75) is 6.04 Å². The van der Waals surface area contributed by atoms with Crippen LogP contribution in [0, 0.1) is 0 Å². The van der Waals surface area contributed by atoms with Gasteiger partial charge in [-0.3, -0.25) is 9.59 Å². The van der Waals surface area contributed by atoms with Gasteiger partial charge in [-0.1, -0.05) is 28.1 Å². The number of hydrogen-bond acceptors (Lipinski definition) is 5. The van der Waals surface area contributed by atoms with E-state index in [2.05, 4.69) is 15.9 Å². The van der Waals surface area contributed by atoms with Gasteiger partial charge in [0.05, 0.1) is 25.3 Å². The van der Waals surface area contributed by atoms with E-state index >= 15 is 0 Å². The Hall–Kier alpha value is -2.64. The molecule has 1 fully saturated rings. The number of ether oxygens (including phenoxy) is 1. The zero-order valence-corrected chi connectivity index (χ0v) is 16.1. The number of carbonyl (C=O) groups is 2. The molecule has 0 aliphatic carbocycles. The van der Waals surface area contributed by atoms with E-state index in [-0.39, 0.29) is 24.5 Å². The molecule has 2 aromatic carbocycles. The number of rotatable bonds is 5. The minimum Gasteiger partial charge on any atom is -0.507 e. The van der Waals surface area contributed by atoms with Crippen molar-refractivity contribution < 1.29 is 24.5 Å². The summed E-state index contributed by atoms with van der Waals surface area (Å²) in [5.41, 5.74) is 1.07. The van der Waals surface area contributed by atoms with Crippen LogP contribution in [0.3, 0.4) is 0 Å². The fraction of sp³-hybridized carbons (Fsp3) is 0.200. The normalized spacial score (nSPS) is 18.8. The summed E-state index contributed by atoms with van der Waals surface area (Å²) in [6, 6.07) is 12.9. The standard InChI is InChI=1S/C20H18BrNO5/c1-27-15-8-4-13(5-9-15)18(24)16-17(12-2-6-14(21)7-3-12)22(10-11-23)20(26)19(16)25/h2-9,17,23-24H,10-11H2,1H3/b18-16+/t17-/m0/s1. The van der Waals surface area contributed by atoms with Gasteiger partial charge in [-0.2, -0.15) is 0 Å².